The third-order valence-electron chi connectivity index (χ3n) is 2.90. The van der Waals surface area contributed by atoms with Gasteiger partial charge in [-0.2, -0.15) is 0 Å². The second-order valence-corrected chi connectivity index (χ2v) is 4.20. The van der Waals surface area contributed by atoms with Crippen molar-refractivity contribution < 1.29 is 9.84 Å². The fraction of sp³-hybridized carbons (Fsp3) is 1.00. The average Bonchev–Trinajstić information content (AvgIpc) is 2.26. The van der Waals surface area contributed by atoms with E-state index in [9.17, 15) is 5.11 Å². The summed E-state index contributed by atoms with van der Waals surface area (Å²) in [5.74, 6) is 0. The standard InChI is InChI=1S/C11H24N2O2/c1-3-15-9-11(14)8-13-6-4-5-10(7-13)12-2/h10-12,14H,3-9H2,1-2H3. The Kier molecular flexibility index (Phi) is 6.17. The molecule has 1 fully saturated rings. The minimum absolute atomic E-state index is 0.347. The van der Waals surface area contributed by atoms with E-state index in [4.69, 9.17) is 4.74 Å². The lowest BCUT2D eigenvalue weighted by atomic mass is 10.1. The molecule has 4 heteroatoms. The minimum Gasteiger partial charge on any atom is -0.389 e. The predicted molar refractivity (Wildman–Crippen MR) is 61.0 cm³/mol. The molecule has 1 saturated heterocycles. The Balaban J connectivity index is 2.19. The maximum absolute atomic E-state index is 9.70. The monoisotopic (exact) mass is 216 g/mol. The van der Waals surface area contributed by atoms with Crippen molar-refractivity contribution in [2.75, 3.05) is 39.9 Å². The summed E-state index contributed by atoms with van der Waals surface area (Å²) in [7, 11) is 2.00. The molecule has 1 rings (SSSR count). The van der Waals surface area contributed by atoms with Gasteiger partial charge in [-0.1, -0.05) is 0 Å². The molecule has 0 aromatic heterocycles. The molecule has 1 aliphatic heterocycles. The van der Waals surface area contributed by atoms with Gasteiger partial charge in [0.2, 0.25) is 0 Å². The molecule has 1 aliphatic rings. The Bertz CT molecular complexity index is 167. The highest BCUT2D eigenvalue weighted by Gasteiger charge is 2.20. The third kappa shape index (κ3) is 4.93. The number of β-amino-alcohol motifs (C(OH)–C–C–N with tert-alkyl or cyclic N) is 1. The first-order chi connectivity index (χ1) is 7.26. The Labute approximate surface area is 92.6 Å². The number of hydrogen-bond acceptors (Lipinski definition) is 4. The van der Waals surface area contributed by atoms with E-state index < -0.39 is 0 Å². The zero-order chi connectivity index (χ0) is 11.1. The van der Waals surface area contributed by atoms with Gasteiger partial charge in [-0.3, -0.25) is 4.90 Å². The molecule has 0 spiro atoms. The van der Waals surface area contributed by atoms with Crippen LogP contribution in [0.25, 0.3) is 0 Å². The molecule has 15 heavy (non-hydrogen) atoms. The number of likely N-dealkylation sites (tertiary alicyclic amines) is 1. The van der Waals surface area contributed by atoms with Crippen LogP contribution in [0.5, 0.6) is 0 Å². The van der Waals surface area contributed by atoms with Crippen molar-refractivity contribution in [2.24, 2.45) is 0 Å². The number of ether oxygens (including phenoxy) is 1. The smallest absolute Gasteiger partial charge is 0.0900 e. The van der Waals surface area contributed by atoms with E-state index in [0.29, 0.717) is 19.3 Å². The summed E-state index contributed by atoms with van der Waals surface area (Å²) in [4.78, 5) is 2.31. The molecule has 0 radical (unpaired) electrons. The SMILES string of the molecule is CCOCC(O)CN1CCCC(NC)C1. The molecule has 0 aromatic rings. The van der Waals surface area contributed by atoms with Crippen LogP contribution in [0.15, 0.2) is 0 Å². The first-order valence-corrected chi connectivity index (χ1v) is 5.91. The number of rotatable bonds is 6. The zero-order valence-corrected chi connectivity index (χ0v) is 9.91. The third-order valence-corrected chi connectivity index (χ3v) is 2.90. The molecule has 0 saturated carbocycles. The highest BCUT2D eigenvalue weighted by atomic mass is 16.5. The van der Waals surface area contributed by atoms with Crippen LogP contribution in [-0.2, 0) is 4.74 Å². The van der Waals surface area contributed by atoms with E-state index in [1.54, 1.807) is 0 Å². The second kappa shape index (κ2) is 7.17. The van der Waals surface area contributed by atoms with Gasteiger partial charge in [0, 0.05) is 25.7 Å². The van der Waals surface area contributed by atoms with E-state index in [0.717, 1.165) is 19.6 Å². The van der Waals surface area contributed by atoms with Crippen LogP contribution in [0.3, 0.4) is 0 Å². The molecule has 90 valence electrons. The van der Waals surface area contributed by atoms with Crippen LogP contribution in [0.4, 0.5) is 0 Å². The van der Waals surface area contributed by atoms with Crippen LogP contribution in [0.1, 0.15) is 19.8 Å². The maximum atomic E-state index is 9.70. The lowest BCUT2D eigenvalue weighted by Gasteiger charge is -2.33. The molecular weight excluding hydrogens is 192 g/mol. The van der Waals surface area contributed by atoms with Crippen LogP contribution >= 0.6 is 0 Å². The van der Waals surface area contributed by atoms with Crippen LogP contribution in [0.2, 0.25) is 0 Å². The Morgan fingerprint density at radius 1 is 1.60 bits per heavy atom. The molecule has 1 heterocycles. The highest BCUT2D eigenvalue weighted by Crippen LogP contribution is 2.09. The van der Waals surface area contributed by atoms with E-state index in [1.165, 1.54) is 12.8 Å². The summed E-state index contributed by atoms with van der Waals surface area (Å²) in [6.45, 7) is 5.96. The number of nitrogens with one attached hydrogen (secondary N) is 1. The lowest BCUT2D eigenvalue weighted by molar-refractivity contribution is 0.0154. The summed E-state index contributed by atoms with van der Waals surface area (Å²) in [6.07, 6.45) is 2.11. The van der Waals surface area contributed by atoms with Crippen molar-refractivity contribution in [2.45, 2.75) is 31.9 Å². The Morgan fingerprint density at radius 3 is 3.07 bits per heavy atom. The van der Waals surface area contributed by atoms with Gasteiger partial charge in [-0.25, -0.2) is 0 Å². The number of nitrogens with zero attached hydrogens (tertiary/aromatic N) is 1. The lowest BCUT2D eigenvalue weighted by Crippen LogP contribution is -2.47. The summed E-state index contributed by atoms with van der Waals surface area (Å²) >= 11 is 0. The van der Waals surface area contributed by atoms with E-state index in [2.05, 4.69) is 10.2 Å². The molecule has 4 nitrogen and oxygen atoms in total. The summed E-state index contributed by atoms with van der Waals surface area (Å²) in [5, 5.41) is 13.0. The Hall–Kier alpha value is -0.160. The molecular formula is C11H24N2O2. The molecule has 0 aliphatic carbocycles. The molecule has 0 bridgehead atoms. The molecule has 0 amide bonds. The van der Waals surface area contributed by atoms with Gasteiger partial charge in [-0.15, -0.1) is 0 Å². The van der Waals surface area contributed by atoms with Gasteiger partial charge in [-0.05, 0) is 33.4 Å². The van der Waals surface area contributed by atoms with Gasteiger partial charge in [0.05, 0.1) is 12.7 Å². The number of piperidine rings is 1. The summed E-state index contributed by atoms with van der Waals surface area (Å²) < 4.78 is 5.20. The number of likely N-dealkylation sites (N-methyl/N-ethyl adjacent to an activating group) is 1. The summed E-state index contributed by atoms with van der Waals surface area (Å²) in [5.41, 5.74) is 0. The second-order valence-electron chi connectivity index (χ2n) is 4.20. The van der Waals surface area contributed by atoms with E-state index >= 15 is 0 Å². The van der Waals surface area contributed by atoms with Gasteiger partial charge in [0.25, 0.3) is 0 Å². The van der Waals surface area contributed by atoms with Crippen LogP contribution < -0.4 is 5.32 Å². The van der Waals surface area contributed by atoms with Crippen molar-refractivity contribution in [3.05, 3.63) is 0 Å². The number of aliphatic hydroxyl groups is 1. The van der Waals surface area contributed by atoms with Crippen molar-refractivity contribution in [3.8, 4) is 0 Å². The number of aliphatic hydroxyl groups excluding tert-OH is 1. The molecule has 0 aromatic carbocycles. The highest BCUT2D eigenvalue weighted by molar-refractivity contribution is 4.78. The van der Waals surface area contributed by atoms with Crippen molar-refractivity contribution in [3.63, 3.8) is 0 Å². The molecule has 2 unspecified atom stereocenters. The van der Waals surface area contributed by atoms with Crippen LogP contribution in [0, 0.1) is 0 Å². The van der Waals surface area contributed by atoms with E-state index in [-0.39, 0.29) is 6.10 Å². The predicted octanol–water partition coefficient (Wildman–Crippen LogP) is 0.0676. The maximum Gasteiger partial charge on any atom is 0.0900 e. The largest absolute Gasteiger partial charge is 0.389 e. The molecule has 2 atom stereocenters. The first kappa shape index (κ1) is 12.9. The quantitative estimate of drug-likeness (QED) is 0.659. The van der Waals surface area contributed by atoms with Gasteiger partial charge in [0.15, 0.2) is 0 Å². The summed E-state index contributed by atoms with van der Waals surface area (Å²) in [6, 6.07) is 0.582. The topological polar surface area (TPSA) is 44.7 Å². The fourth-order valence-corrected chi connectivity index (χ4v) is 2.06. The average molecular weight is 216 g/mol. The van der Waals surface area contributed by atoms with Gasteiger partial charge >= 0.3 is 0 Å². The van der Waals surface area contributed by atoms with Crippen molar-refractivity contribution in [1.29, 1.82) is 0 Å². The zero-order valence-electron chi connectivity index (χ0n) is 9.91. The number of hydrogen-bond donors (Lipinski definition) is 2. The first-order valence-electron chi connectivity index (χ1n) is 5.91. The van der Waals surface area contributed by atoms with Crippen molar-refractivity contribution in [1.82, 2.24) is 10.2 Å². The Morgan fingerprint density at radius 2 is 2.40 bits per heavy atom. The van der Waals surface area contributed by atoms with Gasteiger partial charge < -0.3 is 15.2 Å². The minimum atomic E-state index is -0.347. The van der Waals surface area contributed by atoms with Crippen LogP contribution in [-0.4, -0.2) is 62.0 Å². The molecule has 2 N–H and O–H groups in total. The normalized spacial score (nSPS) is 25.4. The van der Waals surface area contributed by atoms with Crippen molar-refractivity contribution >= 4 is 0 Å². The van der Waals surface area contributed by atoms with E-state index in [1.807, 2.05) is 14.0 Å². The van der Waals surface area contributed by atoms with Gasteiger partial charge in [0.1, 0.15) is 0 Å². The fourth-order valence-electron chi connectivity index (χ4n) is 2.06.